The van der Waals surface area contributed by atoms with E-state index < -0.39 is 0 Å². The lowest BCUT2D eigenvalue weighted by Crippen LogP contribution is -2.09. The second-order valence-electron chi connectivity index (χ2n) is 4.20. The standard InChI is InChI=1S/C14H17N3O/c1-10-4-5-12(14(8-10)18-3)17-11(2)13-9-15-6-7-16-13/h4-9,11,17H,1-3H3. The SMILES string of the molecule is COc1cc(C)ccc1NC(C)c1cnccn1. The van der Waals surface area contributed by atoms with Gasteiger partial charge in [0.15, 0.2) is 0 Å². The molecule has 0 saturated heterocycles. The summed E-state index contributed by atoms with van der Waals surface area (Å²) in [7, 11) is 1.67. The molecule has 94 valence electrons. The van der Waals surface area contributed by atoms with Crippen molar-refractivity contribution in [2.24, 2.45) is 0 Å². The molecule has 4 heteroatoms. The summed E-state index contributed by atoms with van der Waals surface area (Å²) in [6.07, 6.45) is 5.13. The van der Waals surface area contributed by atoms with Crippen LogP contribution < -0.4 is 10.1 Å². The average Bonchev–Trinajstić information content (AvgIpc) is 2.41. The third-order valence-electron chi connectivity index (χ3n) is 2.76. The van der Waals surface area contributed by atoms with Gasteiger partial charge in [0.05, 0.1) is 30.7 Å². The first-order valence-electron chi connectivity index (χ1n) is 5.88. The lowest BCUT2D eigenvalue weighted by molar-refractivity contribution is 0.415. The summed E-state index contributed by atoms with van der Waals surface area (Å²) in [5, 5.41) is 3.38. The van der Waals surface area contributed by atoms with Crippen molar-refractivity contribution in [3.05, 3.63) is 48.0 Å². The Morgan fingerprint density at radius 1 is 1.28 bits per heavy atom. The first-order valence-corrected chi connectivity index (χ1v) is 5.88. The molecule has 0 amide bonds. The number of ether oxygens (including phenoxy) is 1. The van der Waals surface area contributed by atoms with Gasteiger partial charge in [0, 0.05) is 12.4 Å². The number of anilines is 1. The van der Waals surface area contributed by atoms with Gasteiger partial charge in [-0.1, -0.05) is 6.07 Å². The van der Waals surface area contributed by atoms with E-state index in [0.29, 0.717) is 0 Å². The number of aromatic nitrogens is 2. The summed E-state index contributed by atoms with van der Waals surface area (Å²) < 4.78 is 5.36. The van der Waals surface area contributed by atoms with E-state index in [-0.39, 0.29) is 6.04 Å². The topological polar surface area (TPSA) is 47.0 Å². The molecule has 0 radical (unpaired) electrons. The van der Waals surface area contributed by atoms with Crippen LogP contribution in [0.5, 0.6) is 5.75 Å². The fraction of sp³-hybridized carbons (Fsp3) is 0.286. The molecule has 0 aliphatic carbocycles. The van der Waals surface area contributed by atoms with Crippen LogP contribution in [0.4, 0.5) is 5.69 Å². The van der Waals surface area contributed by atoms with Gasteiger partial charge in [-0.2, -0.15) is 0 Å². The molecule has 0 aliphatic heterocycles. The first-order chi connectivity index (χ1) is 8.70. The number of methoxy groups -OCH3 is 1. The van der Waals surface area contributed by atoms with Gasteiger partial charge in [-0.05, 0) is 31.5 Å². The number of benzene rings is 1. The Morgan fingerprint density at radius 2 is 2.11 bits per heavy atom. The number of hydrogen-bond donors (Lipinski definition) is 1. The van der Waals surface area contributed by atoms with Gasteiger partial charge in [0.2, 0.25) is 0 Å². The molecule has 1 aromatic carbocycles. The second kappa shape index (κ2) is 5.49. The van der Waals surface area contributed by atoms with Crippen LogP contribution >= 0.6 is 0 Å². The minimum Gasteiger partial charge on any atom is -0.495 e. The van der Waals surface area contributed by atoms with Crippen LogP contribution in [0, 0.1) is 6.92 Å². The molecular formula is C14H17N3O. The Labute approximate surface area is 107 Å². The molecular weight excluding hydrogens is 226 g/mol. The first kappa shape index (κ1) is 12.4. The van der Waals surface area contributed by atoms with Gasteiger partial charge in [0.25, 0.3) is 0 Å². The molecule has 2 aromatic rings. The average molecular weight is 243 g/mol. The van der Waals surface area contributed by atoms with Crippen molar-refractivity contribution >= 4 is 5.69 Å². The van der Waals surface area contributed by atoms with E-state index in [4.69, 9.17) is 4.74 Å². The molecule has 0 fully saturated rings. The maximum atomic E-state index is 5.36. The second-order valence-corrected chi connectivity index (χ2v) is 4.20. The van der Waals surface area contributed by atoms with Crippen molar-refractivity contribution in [1.82, 2.24) is 9.97 Å². The molecule has 1 heterocycles. The summed E-state index contributed by atoms with van der Waals surface area (Å²) in [5.74, 6) is 0.839. The Morgan fingerprint density at radius 3 is 2.78 bits per heavy atom. The van der Waals surface area contributed by atoms with E-state index in [1.807, 2.05) is 32.0 Å². The van der Waals surface area contributed by atoms with Crippen LogP contribution in [0.2, 0.25) is 0 Å². The number of hydrogen-bond acceptors (Lipinski definition) is 4. The van der Waals surface area contributed by atoms with Crippen LogP contribution in [0.15, 0.2) is 36.8 Å². The highest BCUT2D eigenvalue weighted by molar-refractivity contribution is 5.58. The van der Waals surface area contributed by atoms with Gasteiger partial charge in [0.1, 0.15) is 5.75 Å². The minimum atomic E-state index is 0.0790. The van der Waals surface area contributed by atoms with Crippen LogP contribution in [0.25, 0.3) is 0 Å². The highest BCUT2D eigenvalue weighted by Gasteiger charge is 2.09. The van der Waals surface area contributed by atoms with E-state index in [1.54, 1.807) is 25.7 Å². The zero-order chi connectivity index (χ0) is 13.0. The number of nitrogens with one attached hydrogen (secondary N) is 1. The third kappa shape index (κ3) is 2.77. The predicted molar refractivity (Wildman–Crippen MR) is 71.8 cm³/mol. The van der Waals surface area contributed by atoms with Crippen molar-refractivity contribution in [2.45, 2.75) is 19.9 Å². The molecule has 1 N–H and O–H groups in total. The zero-order valence-corrected chi connectivity index (χ0v) is 10.8. The van der Waals surface area contributed by atoms with Gasteiger partial charge in [-0.15, -0.1) is 0 Å². The van der Waals surface area contributed by atoms with Crippen molar-refractivity contribution in [3.8, 4) is 5.75 Å². The molecule has 0 spiro atoms. The fourth-order valence-corrected chi connectivity index (χ4v) is 1.76. The summed E-state index contributed by atoms with van der Waals surface area (Å²) in [6.45, 7) is 4.09. The van der Waals surface area contributed by atoms with Crippen molar-refractivity contribution in [2.75, 3.05) is 12.4 Å². The molecule has 0 saturated carbocycles. The molecule has 1 aromatic heterocycles. The quantitative estimate of drug-likeness (QED) is 0.896. The number of nitrogens with zero attached hydrogens (tertiary/aromatic N) is 2. The molecule has 0 bridgehead atoms. The van der Waals surface area contributed by atoms with E-state index >= 15 is 0 Å². The normalized spacial score (nSPS) is 11.9. The van der Waals surface area contributed by atoms with Crippen LogP contribution in [-0.2, 0) is 0 Å². The van der Waals surface area contributed by atoms with Crippen molar-refractivity contribution < 1.29 is 4.74 Å². The Balaban J connectivity index is 2.19. The number of aryl methyl sites for hydroxylation is 1. The maximum absolute atomic E-state index is 5.36. The van der Waals surface area contributed by atoms with Crippen LogP contribution in [0.1, 0.15) is 24.2 Å². The van der Waals surface area contributed by atoms with Gasteiger partial charge < -0.3 is 10.1 Å². The Kier molecular flexibility index (Phi) is 3.77. The summed E-state index contributed by atoms with van der Waals surface area (Å²) in [6, 6.07) is 6.15. The summed E-state index contributed by atoms with van der Waals surface area (Å²) >= 11 is 0. The van der Waals surface area contributed by atoms with E-state index in [1.165, 1.54) is 5.56 Å². The lowest BCUT2D eigenvalue weighted by Gasteiger charge is -2.17. The maximum Gasteiger partial charge on any atom is 0.142 e. The van der Waals surface area contributed by atoms with Crippen molar-refractivity contribution in [3.63, 3.8) is 0 Å². The van der Waals surface area contributed by atoms with Gasteiger partial charge in [-0.25, -0.2) is 0 Å². The monoisotopic (exact) mass is 243 g/mol. The van der Waals surface area contributed by atoms with Crippen molar-refractivity contribution in [1.29, 1.82) is 0 Å². The summed E-state index contributed by atoms with van der Waals surface area (Å²) in [5.41, 5.74) is 3.03. The zero-order valence-electron chi connectivity index (χ0n) is 10.8. The van der Waals surface area contributed by atoms with Crippen LogP contribution in [0.3, 0.4) is 0 Å². The van der Waals surface area contributed by atoms with Gasteiger partial charge in [-0.3, -0.25) is 9.97 Å². The minimum absolute atomic E-state index is 0.0790. The summed E-state index contributed by atoms with van der Waals surface area (Å²) in [4.78, 5) is 8.35. The van der Waals surface area contributed by atoms with E-state index in [0.717, 1.165) is 17.1 Å². The Bertz CT molecular complexity index is 514. The lowest BCUT2D eigenvalue weighted by atomic mass is 10.1. The number of rotatable bonds is 4. The van der Waals surface area contributed by atoms with Gasteiger partial charge >= 0.3 is 0 Å². The molecule has 1 unspecified atom stereocenters. The Hall–Kier alpha value is -2.10. The molecule has 1 atom stereocenters. The highest BCUT2D eigenvalue weighted by Crippen LogP contribution is 2.28. The largest absolute Gasteiger partial charge is 0.495 e. The molecule has 18 heavy (non-hydrogen) atoms. The molecule has 0 aliphatic rings. The smallest absolute Gasteiger partial charge is 0.142 e. The molecule has 2 rings (SSSR count). The molecule has 4 nitrogen and oxygen atoms in total. The predicted octanol–water partition coefficient (Wildman–Crippen LogP) is 2.97. The highest BCUT2D eigenvalue weighted by atomic mass is 16.5. The van der Waals surface area contributed by atoms with E-state index in [9.17, 15) is 0 Å². The fourth-order valence-electron chi connectivity index (χ4n) is 1.76. The van der Waals surface area contributed by atoms with Crippen LogP contribution in [-0.4, -0.2) is 17.1 Å². The van der Waals surface area contributed by atoms with E-state index in [2.05, 4.69) is 15.3 Å². The third-order valence-corrected chi connectivity index (χ3v) is 2.76.